The van der Waals surface area contributed by atoms with Crippen LogP contribution in [0.3, 0.4) is 0 Å². The predicted octanol–water partition coefficient (Wildman–Crippen LogP) is 4.22. The first-order valence-electron chi connectivity index (χ1n) is 10.9. The molecule has 1 saturated carbocycles. The molecule has 1 amide bonds. The summed E-state index contributed by atoms with van der Waals surface area (Å²) in [5, 5.41) is 7.35. The van der Waals surface area contributed by atoms with Gasteiger partial charge in [-0.05, 0) is 61.6 Å². The van der Waals surface area contributed by atoms with Crippen molar-refractivity contribution in [2.24, 2.45) is 5.92 Å². The van der Waals surface area contributed by atoms with Gasteiger partial charge in [-0.3, -0.25) is 4.79 Å². The number of hydrogen-bond acceptors (Lipinski definition) is 8. The molecular weight excluding hydrogens is 438 g/mol. The van der Waals surface area contributed by atoms with Gasteiger partial charge < -0.3 is 23.7 Å². The highest BCUT2D eigenvalue weighted by atomic mass is 16.5. The third kappa shape index (κ3) is 4.36. The number of ether oxygens (including phenoxy) is 2. The lowest BCUT2D eigenvalue weighted by Crippen LogP contribution is -2.33. The van der Waals surface area contributed by atoms with Crippen LogP contribution in [0.2, 0.25) is 0 Å². The van der Waals surface area contributed by atoms with Crippen LogP contribution in [-0.4, -0.2) is 35.7 Å². The summed E-state index contributed by atoms with van der Waals surface area (Å²) in [4.78, 5) is 30.0. The fourth-order valence-electron chi connectivity index (χ4n) is 3.94. The number of fused-ring (bicyclic) bond motifs is 1. The number of methoxy groups -OCH3 is 1. The molecule has 1 N–H and O–H groups in total. The third-order valence-electron chi connectivity index (χ3n) is 5.83. The number of esters is 1. The standard InChI is InChI=1S/C25H23N3O6/c1-14-22-18(12-19(20-4-3-11-32-20)26-24(22)34-28-14)25(30)33-13-21(29)27-23(15-5-6-15)16-7-9-17(31-2)10-8-16/h3-4,7-12,15,23H,5-6,13H2,1-2H3,(H,27,29). The Bertz CT molecular complexity index is 1320. The summed E-state index contributed by atoms with van der Waals surface area (Å²) in [6.07, 6.45) is 3.58. The third-order valence-corrected chi connectivity index (χ3v) is 5.83. The lowest BCUT2D eigenvalue weighted by Gasteiger charge is -2.19. The van der Waals surface area contributed by atoms with Crippen LogP contribution in [0, 0.1) is 12.8 Å². The van der Waals surface area contributed by atoms with E-state index in [1.54, 1.807) is 32.2 Å². The smallest absolute Gasteiger partial charge is 0.339 e. The van der Waals surface area contributed by atoms with Gasteiger partial charge in [-0.2, -0.15) is 0 Å². The second-order valence-electron chi connectivity index (χ2n) is 8.21. The summed E-state index contributed by atoms with van der Waals surface area (Å²) in [5.41, 5.74) is 2.28. The molecule has 174 valence electrons. The monoisotopic (exact) mass is 461 g/mol. The molecule has 0 aliphatic heterocycles. The maximum absolute atomic E-state index is 13.0. The number of amides is 1. The summed E-state index contributed by atoms with van der Waals surface area (Å²) in [6.45, 7) is 1.29. The van der Waals surface area contributed by atoms with E-state index in [-0.39, 0.29) is 23.2 Å². The van der Waals surface area contributed by atoms with E-state index in [1.165, 1.54) is 6.26 Å². The van der Waals surface area contributed by atoms with Gasteiger partial charge in [-0.25, -0.2) is 9.78 Å². The molecular formula is C25H23N3O6. The largest absolute Gasteiger partial charge is 0.497 e. The van der Waals surface area contributed by atoms with Crippen molar-refractivity contribution in [1.29, 1.82) is 0 Å². The lowest BCUT2D eigenvalue weighted by atomic mass is 10.0. The molecule has 1 aliphatic rings. The predicted molar refractivity (Wildman–Crippen MR) is 121 cm³/mol. The SMILES string of the molecule is COc1ccc(C(NC(=O)COC(=O)c2cc(-c3ccco3)nc3onc(C)c23)C2CC2)cc1. The van der Waals surface area contributed by atoms with Crippen LogP contribution in [0.5, 0.6) is 5.75 Å². The van der Waals surface area contributed by atoms with E-state index in [0.29, 0.717) is 28.5 Å². The molecule has 1 aromatic carbocycles. The normalized spacial score (nSPS) is 14.1. The molecule has 9 nitrogen and oxygen atoms in total. The Kier molecular flexibility index (Phi) is 5.75. The van der Waals surface area contributed by atoms with Crippen molar-refractivity contribution in [3.8, 4) is 17.2 Å². The number of nitrogens with zero attached hydrogens (tertiary/aromatic N) is 2. The molecule has 3 heterocycles. The number of carbonyl (C=O) groups excluding carboxylic acids is 2. The van der Waals surface area contributed by atoms with Crippen LogP contribution >= 0.6 is 0 Å². The number of pyridine rings is 1. The summed E-state index contributed by atoms with van der Waals surface area (Å²) < 4.78 is 21.2. The Balaban J connectivity index is 1.31. The number of hydrogen-bond donors (Lipinski definition) is 1. The molecule has 1 aliphatic carbocycles. The number of rotatable bonds is 8. The van der Waals surface area contributed by atoms with Gasteiger partial charge in [-0.1, -0.05) is 17.3 Å². The molecule has 9 heteroatoms. The van der Waals surface area contributed by atoms with Crippen LogP contribution in [0.4, 0.5) is 0 Å². The average Bonchev–Trinajstić information content (AvgIpc) is 3.41. The second kappa shape index (κ2) is 9.01. The van der Waals surface area contributed by atoms with E-state index >= 15 is 0 Å². The van der Waals surface area contributed by atoms with Crippen molar-refractivity contribution < 1.29 is 28.0 Å². The molecule has 3 aromatic heterocycles. The fraction of sp³-hybridized carbons (Fsp3) is 0.280. The molecule has 4 aromatic rings. The molecule has 0 bridgehead atoms. The van der Waals surface area contributed by atoms with E-state index in [0.717, 1.165) is 24.2 Å². The van der Waals surface area contributed by atoms with Gasteiger partial charge in [0.2, 0.25) is 0 Å². The first-order chi connectivity index (χ1) is 16.5. The number of aryl methyl sites for hydroxylation is 1. The van der Waals surface area contributed by atoms with Gasteiger partial charge in [0.1, 0.15) is 11.4 Å². The van der Waals surface area contributed by atoms with E-state index in [2.05, 4.69) is 15.5 Å². The molecule has 1 unspecified atom stereocenters. The van der Waals surface area contributed by atoms with Gasteiger partial charge in [0.15, 0.2) is 12.4 Å². The topological polar surface area (TPSA) is 117 Å². The summed E-state index contributed by atoms with van der Waals surface area (Å²) in [5.74, 6) is 0.534. The first-order valence-corrected chi connectivity index (χ1v) is 10.9. The average molecular weight is 461 g/mol. The minimum atomic E-state index is -0.672. The fourth-order valence-corrected chi connectivity index (χ4v) is 3.94. The van der Waals surface area contributed by atoms with Crippen molar-refractivity contribution in [3.63, 3.8) is 0 Å². The summed E-state index contributed by atoms with van der Waals surface area (Å²) in [7, 11) is 1.61. The van der Waals surface area contributed by atoms with Crippen LogP contribution in [0.15, 0.2) is 57.7 Å². The lowest BCUT2D eigenvalue weighted by molar-refractivity contribution is -0.125. The Morgan fingerprint density at radius 3 is 2.68 bits per heavy atom. The van der Waals surface area contributed by atoms with Gasteiger partial charge in [-0.15, -0.1) is 0 Å². The van der Waals surface area contributed by atoms with Crippen LogP contribution in [0.25, 0.3) is 22.6 Å². The Morgan fingerprint density at radius 1 is 1.21 bits per heavy atom. The highest BCUT2D eigenvalue weighted by Crippen LogP contribution is 2.41. The van der Waals surface area contributed by atoms with Crippen molar-refractivity contribution in [2.45, 2.75) is 25.8 Å². The number of furan rings is 1. The molecule has 1 fully saturated rings. The second-order valence-corrected chi connectivity index (χ2v) is 8.21. The van der Waals surface area contributed by atoms with Gasteiger partial charge in [0.05, 0.1) is 36.1 Å². The van der Waals surface area contributed by atoms with Crippen molar-refractivity contribution in [2.75, 3.05) is 13.7 Å². The molecule has 0 spiro atoms. The number of carbonyl (C=O) groups is 2. The summed E-state index contributed by atoms with van der Waals surface area (Å²) >= 11 is 0. The van der Waals surface area contributed by atoms with E-state index < -0.39 is 12.6 Å². The van der Waals surface area contributed by atoms with E-state index in [9.17, 15) is 9.59 Å². The highest BCUT2D eigenvalue weighted by molar-refractivity contribution is 6.04. The quantitative estimate of drug-likeness (QED) is 0.388. The van der Waals surface area contributed by atoms with Gasteiger partial charge in [0.25, 0.3) is 11.6 Å². The zero-order chi connectivity index (χ0) is 23.7. The summed E-state index contributed by atoms with van der Waals surface area (Å²) in [6, 6.07) is 12.4. The van der Waals surface area contributed by atoms with Crippen molar-refractivity contribution in [3.05, 3.63) is 65.5 Å². The Labute approximate surface area is 195 Å². The van der Waals surface area contributed by atoms with Crippen molar-refractivity contribution >= 4 is 23.0 Å². The molecule has 1 atom stereocenters. The molecule has 34 heavy (non-hydrogen) atoms. The Hall–Kier alpha value is -4.14. The van der Waals surface area contributed by atoms with Gasteiger partial charge >= 0.3 is 5.97 Å². The van der Waals surface area contributed by atoms with Crippen LogP contribution < -0.4 is 10.1 Å². The van der Waals surface area contributed by atoms with E-state index in [1.807, 2.05) is 24.3 Å². The number of aromatic nitrogens is 2. The van der Waals surface area contributed by atoms with Gasteiger partial charge in [0, 0.05) is 0 Å². The minimum absolute atomic E-state index is 0.143. The van der Waals surface area contributed by atoms with Crippen molar-refractivity contribution in [1.82, 2.24) is 15.5 Å². The molecule has 0 radical (unpaired) electrons. The zero-order valence-electron chi connectivity index (χ0n) is 18.7. The Morgan fingerprint density at radius 2 is 2.00 bits per heavy atom. The van der Waals surface area contributed by atoms with E-state index in [4.69, 9.17) is 18.4 Å². The number of nitrogens with one attached hydrogen (secondary N) is 1. The van der Waals surface area contributed by atoms with Crippen LogP contribution in [0.1, 0.15) is 40.5 Å². The first kappa shape index (κ1) is 21.7. The molecule has 5 rings (SSSR count). The maximum Gasteiger partial charge on any atom is 0.339 e. The highest BCUT2D eigenvalue weighted by Gasteiger charge is 2.33. The molecule has 0 saturated heterocycles. The zero-order valence-corrected chi connectivity index (χ0v) is 18.7. The van der Waals surface area contributed by atoms with Crippen LogP contribution in [-0.2, 0) is 9.53 Å². The minimum Gasteiger partial charge on any atom is -0.497 e. The number of benzene rings is 1. The maximum atomic E-state index is 13.0.